The zero-order valence-corrected chi connectivity index (χ0v) is 16.2. The summed E-state index contributed by atoms with van der Waals surface area (Å²) >= 11 is 0. The lowest BCUT2D eigenvalue weighted by molar-refractivity contribution is 0.672. The first-order valence-electron chi connectivity index (χ1n) is 10.2. The molecule has 0 bridgehead atoms. The summed E-state index contributed by atoms with van der Waals surface area (Å²) in [6, 6.07) is 36.4. The van der Waals surface area contributed by atoms with Gasteiger partial charge in [0.1, 0.15) is 11.2 Å². The fraction of sp³-hybridized carbons (Fsp3) is 0. The van der Waals surface area contributed by atoms with E-state index in [0.717, 1.165) is 21.9 Å². The van der Waals surface area contributed by atoms with Gasteiger partial charge in [0.2, 0.25) is 0 Å². The second-order valence-corrected chi connectivity index (χ2v) is 7.79. The average Bonchev–Trinajstić information content (AvgIpc) is 3.36. The number of aromatic nitrogens is 1. The van der Waals surface area contributed by atoms with Crippen LogP contribution in [0.2, 0.25) is 0 Å². The maximum absolute atomic E-state index is 6.33. The molecule has 0 N–H and O–H groups in total. The van der Waals surface area contributed by atoms with Gasteiger partial charge in [-0.05, 0) is 36.4 Å². The van der Waals surface area contributed by atoms with Gasteiger partial charge in [-0.25, -0.2) is 0 Å². The van der Waals surface area contributed by atoms with Crippen molar-refractivity contribution in [2.75, 3.05) is 0 Å². The van der Waals surface area contributed by atoms with Gasteiger partial charge in [0.05, 0.1) is 11.0 Å². The lowest BCUT2D eigenvalue weighted by Gasteiger charge is -2.10. The van der Waals surface area contributed by atoms with Crippen LogP contribution in [0.3, 0.4) is 0 Å². The molecule has 140 valence electrons. The van der Waals surface area contributed by atoms with E-state index in [1.165, 1.54) is 38.3 Å². The summed E-state index contributed by atoms with van der Waals surface area (Å²) in [4.78, 5) is 0. The first-order chi connectivity index (χ1) is 14.9. The molecule has 7 aromatic rings. The summed E-state index contributed by atoms with van der Waals surface area (Å²) in [7, 11) is 0. The molecule has 0 aliphatic carbocycles. The molecule has 30 heavy (non-hydrogen) atoms. The third-order valence-corrected chi connectivity index (χ3v) is 6.19. The number of benzene rings is 5. The largest absolute Gasteiger partial charge is 0.455 e. The van der Waals surface area contributed by atoms with Crippen LogP contribution in [-0.4, -0.2) is 4.57 Å². The maximum Gasteiger partial charge on any atom is 0.143 e. The Kier molecular flexibility index (Phi) is 3.03. The van der Waals surface area contributed by atoms with Crippen LogP contribution in [0.4, 0.5) is 0 Å². The standard InChI is InChI=1S/C28H17NO/c1-2-8-18(9-3-1)29-25-12-6-4-10-19(25)21-14-17-24-22(27(21)29)15-16-23-20-11-5-7-13-26(20)30-28(23)24/h1-17H. The summed E-state index contributed by atoms with van der Waals surface area (Å²) in [5.74, 6) is 0. The minimum absolute atomic E-state index is 0.934. The molecular formula is C28H17NO. The monoisotopic (exact) mass is 383 g/mol. The Balaban J connectivity index is 1.73. The second-order valence-electron chi connectivity index (χ2n) is 7.79. The van der Waals surface area contributed by atoms with E-state index >= 15 is 0 Å². The molecule has 2 heterocycles. The highest BCUT2D eigenvalue weighted by molar-refractivity contribution is 6.24. The van der Waals surface area contributed by atoms with Crippen LogP contribution < -0.4 is 0 Å². The summed E-state index contributed by atoms with van der Waals surface area (Å²) in [6.45, 7) is 0. The number of hydrogen-bond donors (Lipinski definition) is 0. The minimum atomic E-state index is 0.934. The van der Waals surface area contributed by atoms with E-state index in [0.29, 0.717) is 0 Å². The van der Waals surface area contributed by atoms with Crippen molar-refractivity contribution in [3.05, 3.63) is 103 Å². The van der Waals surface area contributed by atoms with Crippen LogP contribution in [0.15, 0.2) is 108 Å². The molecule has 0 radical (unpaired) electrons. The van der Waals surface area contributed by atoms with E-state index in [4.69, 9.17) is 4.42 Å². The van der Waals surface area contributed by atoms with Gasteiger partial charge < -0.3 is 8.98 Å². The molecule has 5 aromatic carbocycles. The van der Waals surface area contributed by atoms with Crippen LogP contribution in [-0.2, 0) is 0 Å². The molecule has 0 spiro atoms. The highest BCUT2D eigenvalue weighted by Gasteiger charge is 2.17. The molecule has 0 fully saturated rings. The number of furan rings is 1. The second kappa shape index (κ2) is 5.74. The van der Waals surface area contributed by atoms with Crippen molar-refractivity contribution in [3.63, 3.8) is 0 Å². The third-order valence-electron chi connectivity index (χ3n) is 6.19. The smallest absolute Gasteiger partial charge is 0.143 e. The quantitative estimate of drug-likeness (QED) is 0.282. The fourth-order valence-electron chi connectivity index (χ4n) is 4.89. The van der Waals surface area contributed by atoms with Crippen LogP contribution in [0, 0.1) is 0 Å². The summed E-state index contributed by atoms with van der Waals surface area (Å²) in [5, 5.41) is 7.22. The number of nitrogens with zero attached hydrogens (tertiary/aromatic N) is 1. The summed E-state index contributed by atoms with van der Waals surface area (Å²) < 4.78 is 8.70. The van der Waals surface area contributed by atoms with Crippen LogP contribution in [0.1, 0.15) is 0 Å². The predicted octanol–water partition coefficient (Wildman–Crippen LogP) is 7.84. The molecule has 7 rings (SSSR count). The van der Waals surface area contributed by atoms with Gasteiger partial charge in [-0.15, -0.1) is 0 Å². The summed E-state index contributed by atoms with van der Waals surface area (Å²) in [6.07, 6.45) is 0. The molecule has 0 unspecified atom stereocenters. The van der Waals surface area contributed by atoms with Gasteiger partial charge in [-0.2, -0.15) is 0 Å². The van der Waals surface area contributed by atoms with Crippen molar-refractivity contribution >= 4 is 54.5 Å². The van der Waals surface area contributed by atoms with Gasteiger partial charge in [0.25, 0.3) is 0 Å². The highest BCUT2D eigenvalue weighted by Crippen LogP contribution is 2.40. The Hall–Kier alpha value is -4.04. The van der Waals surface area contributed by atoms with Crippen molar-refractivity contribution in [1.29, 1.82) is 0 Å². The minimum Gasteiger partial charge on any atom is -0.455 e. The van der Waals surface area contributed by atoms with E-state index in [9.17, 15) is 0 Å². The Labute approximate surface area is 172 Å². The predicted molar refractivity (Wildman–Crippen MR) is 126 cm³/mol. The zero-order chi connectivity index (χ0) is 19.7. The first-order valence-corrected chi connectivity index (χ1v) is 10.2. The average molecular weight is 383 g/mol. The van der Waals surface area contributed by atoms with E-state index in [2.05, 4.69) is 95.6 Å². The molecule has 0 atom stereocenters. The van der Waals surface area contributed by atoms with Gasteiger partial charge in [0, 0.05) is 38.0 Å². The van der Waals surface area contributed by atoms with Crippen LogP contribution in [0.25, 0.3) is 60.2 Å². The van der Waals surface area contributed by atoms with E-state index < -0.39 is 0 Å². The Morgan fingerprint density at radius 1 is 0.467 bits per heavy atom. The number of para-hydroxylation sites is 3. The molecule has 2 aromatic heterocycles. The zero-order valence-electron chi connectivity index (χ0n) is 16.2. The molecule has 0 amide bonds. The Bertz CT molecular complexity index is 1740. The lowest BCUT2D eigenvalue weighted by atomic mass is 10.0. The molecule has 0 aliphatic rings. The van der Waals surface area contributed by atoms with Crippen molar-refractivity contribution in [2.45, 2.75) is 0 Å². The van der Waals surface area contributed by atoms with Gasteiger partial charge in [-0.1, -0.05) is 66.7 Å². The maximum atomic E-state index is 6.33. The number of rotatable bonds is 1. The van der Waals surface area contributed by atoms with Crippen LogP contribution >= 0.6 is 0 Å². The van der Waals surface area contributed by atoms with E-state index in [1.54, 1.807) is 0 Å². The molecular weight excluding hydrogens is 366 g/mol. The topological polar surface area (TPSA) is 18.1 Å². The number of fused-ring (bicyclic) bond motifs is 9. The van der Waals surface area contributed by atoms with Crippen LogP contribution in [0.5, 0.6) is 0 Å². The van der Waals surface area contributed by atoms with Gasteiger partial charge in [0.15, 0.2) is 0 Å². The molecule has 0 saturated carbocycles. The van der Waals surface area contributed by atoms with E-state index in [1.807, 2.05) is 12.1 Å². The third kappa shape index (κ3) is 1.98. The first kappa shape index (κ1) is 15.8. The van der Waals surface area contributed by atoms with E-state index in [-0.39, 0.29) is 0 Å². The van der Waals surface area contributed by atoms with Gasteiger partial charge >= 0.3 is 0 Å². The Morgan fingerprint density at radius 3 is 1.90 bits per heavy atom. The fourth-order valence-corrected chi connectivity index (χ4v) is 4.89. The number of hydrogen-bond acceptors (Lipinski definition) is 1. The highest BCUT2D eigenvalue weighted by atomic mass is 16.3. The van der Waals surface area contributed by atoms with Crippen molar-refractivity contribution in [2.24, 2.45) is 0 Å². The SMILES string of the molecule is c1ccc(-n2c3ccccc3c3ccc4c(ccc5c6ccccc6oc54)c32)cc1. The molecule has 0 aliphatic heterocycles. The molecule has 0 saturated heterocycles. The van der Waals surface area contributed by atoms with Gasteiger partial charge in [-0.3, -0.25) is 0 Å². The van der Waals surface area contributed by atoms with Crippen molar-refractivity contribution in [3.8, 4) is 5.69 Å². The molecule has 2 heteroatoms. The van der Waals surface area contributed by atoms with Crippen molar-refractivity contribution < 1.29 is 4.42 Å². The summed E-state index contributed by atoms with van der Waals surface area (Å²) in [5.41, 5.74) is 5.50. The van der Waals surface area contributed by atoms with Crippen molar-refractivity contribution in [1.82, 2.24) is 4.57 Å². The lowest BCUT2D eigenvalue weighted by Crippen LogP contribution is -1.93. The normalized spacial score (nSPS) is 12.0. The molecule has 2 nitrogen and oxygen atoms in total. The Morgan fingerprint density at radius 2 is 1.07 bits per heavy atom.